The summed E-state index contributed by atoms with van der Waals surface area (Å²) in [5.41, 5.74) is 3.21. The van der Waals surface area contributed by atoms with Gasteiger partial charge in [0.2, 0.25) is 0 Å². The van der Waals surface area contributed by atoms with Crippen LogP contribution in [0.4, 0.5) is 0 Å². The Bertz CT molecular complexity index is 968. The summed E-state index contributed by atoms with van der Waals surface area (Å²) in [7, 11) is 0. The maximum absolute atomic E-state index is 12.4. The van der Waals surface area contributed by atoms with Crippen molar-refractivity contribution < 1.29 is 14.3 Å². The van der Waals surface area contributed by atoms with Gasteiger partial charge in [-0.2, -0.15) is 0 Å². The molecule has 0 aromatic heterocycles. The van der Waals surface area contributed by atoms with Crippen LogP contribution in [0.1, 0.15) is 16.7 Å². The molecule has 1 fully saturated rings. The highest BCUT2D eigenvalue weighted by molar-refractivity contribution is 8.26. The zero-order valence-electron chi connectivity index (χ0n) is 16.5. The Balaban J connectivity index is 1.58. The molecule has 3 rings (SSSR count). The maximum Gasteiger partial charge on any atom is 0.266 e. The quantitative estimate of drug-likeness (QED) is 0.253. The van der Waals surface area contributed by atoms with Gasteiger partial charge in [-0.05, 0) is 49.2 Å². The minimum absolute atomic E-state index is 0.0897. The average molecular weight is 426 g/mol. The normalized spacial score (nSPS) is 15.1. The van der Waals surface area contributed by atoms with Gasteiger partial charge in [0.05, 0.1) is 4.91 Å². The first-order chi connectivity index (χ1) is 14.0. The van der Waals surface area contributed by atoms with E-state index in [1.807, 2.05) is 49.4 Å². The molecule has 1 aliphatic rings. The van der Waals surface area contributed by atoms with Crippen LogP contribution in [0, 0.1) is 13.8 Å². The lowest BCUT2D eigenvalue weighted by atomic mass is 10.1. The van der Waals surface area contributed by atoms with E-state index in [2.05, 4.69) is 19.6 Å². The minimum atomic E-state index is -0.0897. The van der Waals surface area contributed by atoms with Crippen LogP contribution in [-0.4, -0.2) is 34.9 Å². The van der Waals surface area contributed by atoms with E-state index in [4.69, 9.17) is 21.7 Å². The third-order valence-corrected chi connectivity index (χ3v) is 5.66. The van der Waals surface area contributed by atoms with Gasteiger partial charge in [0.15, 0.2) is 0 Å². The van der Waals surface area contributed by atoms with Crippen LogP contribution < -0.4 is 9.47 Å². The lowest BCUT2D eigenvalue weighted by Gasteiger charge is -2.11. The standard InChI is InChI=1S/C23H23NO3S2/c1-4-10-24-22(25)21(29-23(24)28)15-18-6-5-7-19(14-18)26-11-12-27-20-9-8-16(2)13-17(20)3/h4-9,13-15H,1,10-12H2,2-3H3/b21-15+. The molecular formula is C23H23NO3S2. The summed E-state index contributed by atoms with van der Waals surface area (Å²) in [4.78, 5) is 14.6. The molecule has 0 bridgehead atoms. The summed E-state index contributed by atoms with van der Waals surface area (Å²) < 4.78 is 12.2. The molecule has 6 heteroatoms. The van der Waals surface area contributed by atoms with Crippen LogP contribution in [0.25, 0.3) is 6.08 Å². The molecule has 1 aliphatic heterocycles. The van der Waals surface area contributed by atoms with Crippen LogP contribution in [-0.2, 0) is 4.79 Å². The molecule has 1 amide bonds. The van der Waals surface area contributed by atoms with Crippen LogP contribution in [0.3, 0.4) is 0 Å². The number of carbonyl (C=O) groups is 1. The number of nitrogens with zero attached hydrogens (tertiary/aromatic N) is 1. The van der Waals surface area contributed by atoms with E-state index in [0.29, 0.717) is 29.0 Å². The minimum Gasteiger partial charge on any atom is -0.490 e. The number of ether oxygens (including phenoxy) is 2. The number of amides is 1. The molecule has 2 aromatic rings. The third kappa shape index (κ3) is 5.49. The van der Waals surface area contributed by atoms with Gasteiger partial charge in [0.1, 0.15) is 29.0 Å². The fourth-order valence-electron chi connectivity index (χ4n) is 2.90. The van der Waals surface area contributed by atoms with Crippen molar-refractivity contribution >= 4 is 40.3 Å². The highest BCUT2D eigenvalue weighted by Crippen LogP contribution is 2.32. The molecule has 29 heavy (non-hydrogen) atoms. The van der Waals surface area contributed by atoms with Gasteiger partial charge in [0.25, 0.3) is 5.91 Å². The number of thioether (sulfide) groups is 1. The van der Waals surface area contributed by atoms with Gasteiger partial charge >= 0.3 is 0 Å². The Hall–Kier alpha value is -2.57. The van der Waals surface area contributed by atoms with E-state index in [0.717, 1.165) is 22.6 Å². The summed E-state index contributed by atoms with van der Waals surface area (Å²) in [6.45, 7) is 9.06. The van der Waals surface area contributed by atoms with Gasteiger partial charge in [-0.1, -0.05) is 59.9 Å². The van der Waals surface area contributed by atoms with Crippen molar-refractivity contribution in [3.05, 3.63) is 76.7 Å². The summed E-state index contributed by atoms with van der Waals surface area (Å²) >= 11 is 6.57. The zero-order chi connectivity index (χ0) is 20.8. The molecule has 4 nitrogen and oxygen atoms in total. The van der Waals surface area contributed by atoms with E-state index in [9.17, 15) is 4.79 Å². The van der Waals surface area contributed by atoms with Gasteiger partial charge < -0.3 is 9.47 Å². The third-order valence-electron chi connectivity index (χ3n) is 4.28. The zero-order valence-corrected chi connectivity index (χ0v) is 18.1. The molecule has 0 spiro atoms. The van der Waals surface area contributed by atoms with Gasteiger partial charge in [-0.25, -0.2) is 0 Å². The molecule has 1 heterocycles. The second-order valence-electron chi connectivity index (χ2n) is 6.62. The van der Waals surface area contributed by atoms with Gasteiger partial charge in [-0.3, -0.25) is 9.69 Å². The number of rotatable bonds is 8. The first kappa shape index (κ1) is 21.1. The van der Waals surface area contributed by atoms with Crippen LogP contribution in [0.15, 0.2) is 60.0 Å². The monoisotopic (exact) mass is 425 g/mol. The molecular weight excluding hydrogens is 402 g/mol. The summed E-state index contributed by atoms with van der Waals surface area (Å²) in [5.74, 6) is 1.51. The fourth-order valence-corrected chi connectivity index (χ4v) is 4.18. The molecule has 2 aromatic carbocycles. The molecule has 0 radical (unpaired) electrons. The Labute approximate surface area is 181 Å². The van der Waals surface area contributed by atoms with E-state index >= 15 is 0 Å². The lowest BCUT2D eigenvalue weighted by Crippen LogP contribution is -2.27. The summed E-state index contributed by atoms with van der Waals surface area (Å²) in [6.07, 6.45) is 3.50. The fraction of sp³-hybridized carbons (Fsp3) is 0.217. The molecule has 0 aliphatic carbocycles. The Morgan fingerprint density at radius 3 is 2.69 bits per heavy atom. The molecule has 0 atom stereocenters. The van der Waals surface area contributed by atoms with Crippen molar-refractivity contribution in [2.75, 3.05) is 19.8 Å². The van der Waals surface area contributed by atoms with Crippen molar-refractivity contribution in [2.45, 2.75) is 13.8 Å². The number of hydrogen-bond donors (Lipinski definition) is 0. The van der Waals surface area contributed by atoms with Crippen LogP contribution >= 0.6 is 24.0 Å². The highest BCUT2D eigenvalue weighted by Gasteiger charge is 2.30. The van der Waals surface area contributed by atoms with Crippen molar-refractivity contribution in [2.24, 2.45) is 0 Å². The number of thiocarbonyl (C=S) groups is 1. The molecule has 0 unspecified atom stereocenters. The molecule has 150 valence electrons. The number of aryl methyl sites for hydroxylation is 2. The second-order valence-corrected chi connectivity index (χ2v) is 8.30. The van der Waals surface area contributed by atoms with Crippen LogP contribution in [0.2, 0.25) is 0 Å². The summed E-state index contributed by atoms with van der Waals surface area (Å²) in [6, 6.07) is 13.7. The van der Waals surface area contributed by atoms with Crippen LogP contribution in [0.5, 0.6) is 11.5 Å². The molecule has 0 N–H and O–H groups in total. The number of benzene rings is 2. The van der Waals surface area contributed by atoms with Gasteiger partial charge in [-0.15, -0.1) is 6.58 Å². The first-order valence-corrected chi connectivity index (χ1v) is 10.5. The predicted molar refractivity (Wildman–Crippen MR) is 123 cm³/mol. The van der Waals surface area contributed by atoms with E-state index < -0.39 is 0 Å². The molecule has 0 saturated carbocycles. The largest absolute Gasteiger partial charge is 0.490 e. The first-order valence-electron chi connectivity index (χ1n) is 9.27. The van der Waals surface area contributed by atoms with Crippen molar-refractivity contribution in [3.63, 3.8) is 0 Å². The average Bonchev–Trinajstić information content (AvgIpc) is 2.95. The Morgan fingerprint density at radius 1 is 1.14 bits per heavy atom. The van der Waals surface area contributed by atoms with Crippen molar-refractivity contribution in [1.82, 2.24) is 4.90 Å². The van der Waals surface area contributed by atoms with E-state index in [1.165, 1.54) is 17.3 Å². The topological polar surface area (TPSA) is 38.8 Å². The van der Waals surface area contributed by atoms with E-state index in [1.54, 1.807) is 11.0 Å². The Kier molecular flexibility index (Phi) is 7.12. The second kappa shape index (κ2) is 9.76. The maximum atomic E-state index is 12.4. The number of hydrogen-bond acceptors (Lipinski definition) is 5. The van der Waals surface area contributed by atoms with E-state index in [-0.39, 0.29) is 5.91 Å². The predicted octanol–water partition coefficient (Wildman–Crippen LogP) is 5.15. The highest BCUT2D eigenvalue weighted by atomic mass is 32.2. The lowest BCUT2D eigenvalue weighted by molar-refractivity contribution is -0.121. The Morgan fingerprint density at radius 2 is 1.93 bits per heavy atom. The SMILES string of the molecule is C=CCN1C(=O)/C(=C\c2cccc(OCCOc3ccc(C)cc3C)c2)SC1=S. The smallest absolute Gasteiger partial charge is 0.266 e. The number of carbonyl (C=O) groups excluding carboxylic acids is 1. The molecule has 1 saturated heterocycles. The van der Waals surface area contributed by atoms with Crippen molar-refractivity contribution in [1.29, 1.82) is 0 Å². The summed E-state index contributed by atoms with van der Waals surface area (Å²) in [5, 5.41) is 0. The van der Waals surface area contributed by atoms with Gasteiger partial charge in [0, 0.05) is 6.54 Å². The van der Waals surface area contributed by atoms with Crippen molar-refractivity contribution in [3.8, 4) is 11.5 Å².